The zero-order chi connectivity index (χ0) is 26.7. The number of nitrogens with zero attached hydrogens (tertiary/aromatic N) is 2. The standard InChI is InChI=1S/C29H35N3O6/c1-20-7-3-4-11-24(20)28(35)32-25(26(33)30-18-23-10-6-16-37-23)19-38-29(32)12-14-31(15-13-29)27(34)21-8-5-9-22(17-21)36-2/h3-5,7-9,11,17,23,25H,6,10,12-16,18-19H2,1-2H3,(H,30,33)/t23-,25-/m0/s1. The first kappa shape index (κ1) is 26.2. The Hall–Kier alpha value is -3.43. The molecule has 9 nitrogen and oxygen atoms in total. The van der Waals surface area contributed by atoms with Crippen LogP contribution in [0.1, 0.15) is 52.0 Å². The Bertz CT molecular complexity index is 1190. The van der Waals surface area contributed by atoms with Gasteiger partial charge in [-0.2, -0.15) is 0 Å². The molecule has 2 atom stereocenters. The highest BCUT2D eigenvalue weighted by Gasteiger charge is 2.54. The topological polar surface area (TPSA) is 97.4 Å². The predicted molar refractivity (Wildman–Crippen MR) is 140 cm³/mol. The first-order chi connectivity index (χ1) is 18.4. The summed E-state index contributed by atoms with van der Waals surface area (Å²) in [5, 5.41) is 2.98. The summed E-state index contributed by atoms with van der Waals surface area (Å²) in [5.74, 6) is 0.0503. The molecule has 38 heavy (non-hydrogen) atoms. The third kappa shape index (κ3) is 5.13. The van der Waals surface area contributed by atoms with Gasteiger partial charge in [-0.3, -0.25) is 19.3 Å². The Labute approximate surface area is 223 Å². The number of likely N-dealkylation sites (tertiary alicyclic amines) is 1. The van der Waals surface area contributed by atoms with E-state index in [0.717, 1.165) is 18.4 Å². The van der Waals surface area contributed by atoms with Gasteiger partial charge in [-0.15, -0.1) is 0 Å². The first-order valence-corrected chi connectivity index (χ1v) is 13.3. The molecule has 3 heterocycles. The zero-order valence-corrected chi connectivity index (χ0v) is 22.0. The lowest BCUT2D eigenvalue weighted by atomic mass is 9.95. The molecule has 3 aliphatic rings. The Morgan fingerprint density at radius 2 is 1.87 bits per heavy atom. The molecule has 5 rings (SSSR count). The number of piperidine rings is 1. The lowest BCUT2D eigenvalue weighted by Gasteiger charge is -2.44. The number of ether oxygens (including phenoxy) is 3. The van der Waals surface area contributed by atoms with Crippen molar-refractivity contribution in [2.24, 2.45) is 0 Å². The molecule has 2 aromatic carbocycles. The molecule has 0 saturated carbocycles. The van der Waals surface area contributed by atoms with Crippen molar-refractivity contribution in [3.05, 3.63) is 65.2 Å². The van der Waals surface area contributed by atoms with Crippen molar-refractivity contribution >= 4 is 17.7 Å². The van der Waals surface area contributed by atoms with Crippen LogP contribution in [0.15, 0.2) is 48.5 Å². The van der Waals surface area contributed by atoms with Crippen LogP contribution in [-0.2, 0) is 14.3 Å². The molecule has 3 aliphatic heterocycles. The summed E-state index contributed by atoms with van der Waals surface area (Å²) >= 11 is 0. The van der Waals surface area contributed by atoms with E-state index in [9.17, 15) is 14.4 Å². The van der Waals surface area contributed by atoms with Crippen LogP contribution in [0.25, 0.3) is 0 Å². The van der Waals surface area contributed by atoms with E-state index in [4.69, 9.17) is 14.2 Å². The van der Waals surface area contributed by atoms with Crippen LogP contribution in [0.4, 0.5) is 0 Å². The maximum atomic E-state index is 14.0. The Kier molecular flexibility index (Phi) is 7.67. The number of benzene rings is 2. The molecule has 0 radical (unpaired) electrons. The zero-order valence-electron chi connectivity index (χ0n) is 22.0. The van der Waals surface area contributed by atoms with Gasteiger partial charge in [0.2, 0.25) is 5.91 Å². The number of methoxy groups -OCH3 is 1. The summed E-state index contributed by atoms with van der Waals surface area (Å²) in [4.78, 5) is 43.9. The molecule has 0 bridgehead atoms. The van der Waals surface area contributed by atoms with E-state index in [-0.39, 0.29) is 30.4 Å². The second-order valence-corrected chi connectivity index (χ2v) is 10.2. The van der Waals surface area contributed by atoms with Crippen LogP contribution in [0.5, 0.6) is 5.75 Å². The molecule has 9 heteroatoms. The van der Waals surface area contributed by atoms with Gasteiger partial charge in [-0.1, -0.05) is 24.3 Å². The molecular formula is C29H35N3O6. The molecule has 202 valence electrons. The number of hydrogen-bond donors (Lipinski definition) is 1. The summed E-state index contributed by atoms with van der Waals surface area (Å²) in [6, 6.07) is 13.7. The van der Waals surface area contributed by atoms with Crippen molar-refractivity contribution in [2.75, 3.05) is 40.0 Å². The minimum atomic E-state index is -0.962. The molecule has 0 aliphatic carbocycles. The Morgan fingerprint density at radius 1 is 1.08 bits per heavy atom. The number of aryl methyl sites for hydroxylation is 1. The molecule has 0 unspecified atom stereocenters. The van der Waals surface area contributed by atoms with Crippen molar-refractivity contribution in [1.82, 2.24) is 15.1 Å². The number of hydrogen-bond acceptors (Lipinski definition) is 6. The molecule has 2 aromatic rings. The average Bonchev–Trinajstić information content (AvgIpc) is 3.60. The van der Waals surface area contributed by atoms with Crippen molar-refractivity contribution < 1.29 is 28.6 Å². The van der Waals surface area contributed by atoms with Gasteiger partial charge in [-0.05, 0) is 49.6 Å². The third-order valence-electron chi connectivity index (χ3n) is 7.83. The number of rotatable bonds is 6. The molecular weight excluding hydrogens is 486 g/mol. The maximum absolute atomic E-state index is 14.0. The fraction of sp³-hybridized carbons (Fsp3) is 0.483. The molecule has 3 amide bonds. The van der Waals surface area contributed by atoms with E-state index in [1.165, 1.54) is 0 Å². The fourth-order valence-electron chi connectivity index (χ4n) is 5.64. The van der Waals surface area contributed by atoms with Crippen molar-refractivity contribution in [1.29, 1.82) is 0 Å². The molecule has 0 aromatic heterocycles. The van der Waals surface area contributed by atoms with Gasteiger partial charge in [-0.25, -0.2) is 0 Å². The van der Waals surface area contributed by atoms with E-state index in [1.807, 2.05) is 25.1 Å². The maximum Gasteiger partial charge on any atom is 0.257 e. The molecule has 3 saturated heterocycles. The van der Waals surface area contributed by atoms with Gasteiger partial charge < -0.3 is 24.4 Å². The van der Waals surface area contributed by atoms with Crippen molar-refractivity contribution in [3.8, 4) is 5.75 Å². The lowest BCUT2D eigenvalue weighted by molar-refractivity contribution is -0.128. The van der Waals surface area contributed by atoms with Crippen LogP contribution < -0.4 is 10.1 Å². The number of carbonyl (C=O) groups excluding carboxylic acids is 3. The van der Waals surface area contributed by atoms with E-state index in [1.54, 1.807) is 47.2 Å². The van der Waals surface area contributed by atoms with Crippen molar-refractivity contribution in [2.45, 2.75) is 50.5 Å². The second-order valence-electron chi connectivity index (χ2n) is 10.2. The highest BCUT2D eigenvalue weighted by Crippen LogP contribution is 2.39. The summed E-state index contributed by atoms with van der Waals surface area (Å²) in [7, 11) is 1.57. The summed E-state index contributed by atoms with van der Waals surface area (Å²) in [6.07, 6.45) is 2.72. The molecule has 1 N–H and O–H groups in total. The number of nitrogens with one attached hydrogen (secondary N) is 1. The van der Waals surface area contributed by atoms with Gasteiger partial charge in [0.15, 0.2) is 0 Å². The second kappa shape index (κ2) is 11.1. The summed E-state index contributed by atoms with van der Waals surface area (Å²) in [6.45, 7) is 3.92. The Morgan fingerprint density at radius 3 is 2.58 bits per heavy atom. The Balaban J connectivity index is 1.35. The van der Waals surface area contributed by atoms with E-state index >= 15 is 0 Å². The van der Waals surface area contributed by atoms with Gasteiger partial charge in [0.25, 0.3) is 11.8 Å². The monoisotopic (exact) mass is 521 g/mol. The largest absolute Gasteiger partial charge is 0.497 e. The summed E-state index contributed by atoms with van der Waals surface area (Å²) in [5.41, 5.74) is 0.968. The van der Waals surface area contributed by atoms with Crippen LogP contribution in [-0.4, -0.2) is 85.3 Å². The number of carbonyl (C=O) groups is 3. The van der Waals surface area contributed by atoms with E-state index in [2.05, 4.69) is 5.32 Å². The van der Waals surface area contributed by atoms with Gasteiger partial charge in [0.1, 0.15) is 17.5 Å². The minimum Gasteiger partial charge on any atom is -0.497 e. The highest BCUT2D eigenvalue weighted by atomic mass is 16.5. The minimum absolute atomic E-state index is 0.00149. The normalized spacial score (nSPS) is 22.5. The predicted octanol–water partition coefficient (Wildman–Crippen LogP) is 2.77. The van der Waals surface area contributed by atoms with Crippen LogP contribution in [0, 0.1) is 6.92 Å². The lowest BCUT2D eigenvalue weighted by Crippen LogP contribution is -2.60. The smallest absolute Gasteiger partial charge is 0.257 e. The van der Waals surface area contributed by atoms with Crippen LogP contribution in [0.3, 0.4) is 0 Å². The highest BCUT2D eigenvalue weighted by molar-refractivity contribution is 5.99. The fourth-order valence-corrected chi connectivity index (χ4v) is 5.64. The quantitative estimate of drug-likeness (QED) is 0.628. The van der Waals surface area contributed by atoms with Gasteiger partial charge in [0.05, 0.1) is 19.8 Å². The van der Waals surface area contributed by atoms with Crippen molar-refractivity contribution in [3.63, 3.8) is 0 Å². The number of amides is 3. The molecule has 3 fully saturated rings. The first-order valence-electron chi connectivity index (χ1n) is 13.3. The average molecular weight is 522 g/mol. The van der Waals surface area contributed by atoms with Gasteiger partial charge >= 0.3 is 0 Å². The third-order valence-corrected chi connectivity index (χ3v) is 7.83. The van der Waals surface area contributed by atoms with E-state index < -0.39 is 11.8 Å². The molecule has 1 spiro atoms. The van der Waals surface area contributed by atoms with Gasteiger partial charge in [0, 0.05) is 50.2 Å². The summed E-state index contributed by atoms with van der Waals surface area (Å²) < 4.78 is 17.2. The van der Waals surface area contributed by atoms with Crippen LogP contribution >= 0.6 is 0 Å². The van der Waals surface area contributed by atoms with E-state index in [0.29, 0.717) is 56.0 Å². The SMILES string of the molecule is COc1cccc(C(=O)N2CCC3(CC2)OC[C@@H](C(=O)NC[C@@H]2CCCO2)N3C(=O)c2ccccc2C)c1. The van der Waals surface area contributed by atoms with Crippen LogP contribution in [0.2, 0.25) is 0 Å².